The highest BCUT2D eigenvalue weighted by molar-refractivity contribution is 5.90. The van der Waals surface area contributed by atoms with Crippen molar-refractivity contribution < 1.29 is 19.8 Å². The maximum Gasteiger partial charge on any atom is 0.331 e. The third-order valence-corrected chi connectivity index (χ3v) is 2.88. The van der Waals surface area contributed by atoms with E-state index >= 15 is 0 Å². The summed E-state index contributed by atoms with van der Waals surface area (Å²) in [7, 11) is 0. The van der Waals surface area contributed by atoms with E-state index < -0.39 is 17.4 Å². The molecular weight excluding hydrogens is 220 g/mol. The normalized spacial score (nSPS) is 24.2. The Labute approximate surface area is 101 Å². The van der Waals surface area contributed by atoms with Gasteiger partial charge in [-0.3, -0.25) is 4.79 Å². The van der Waals surface area contributed by atoms with E-state index in [1.165, 1.54) is 0 Å². The molecule has 0 saturated carbocycles. The van der Waals surface area contributed by atoms with Crippen molar-refractivity contribution in [3.8, 4) is 0 Å². The lowest BCUT2D eigenvalue weighted by molar-refractivity contribution is -0.147. The molecule has 0 aromatic carbocycles. The van der Waals surface area contributed by atoms with Crippen LogP contribution in [-0.2, 0) is 9.59 Å². The molecule has 4 nitrogen and oxygen atoms in total. The Morgan fingerprint density at radius 3 is 2.41 bits per heavy atom. The van der Waals surface area contributed by atoms with Crippen molar-refractivity contribution in [2.24, 2.45) is 11.3 Å². The highest BCUT2D eigenvalue weighted by Gasteiger charge is 2.40. The predicted molar refractivity (Wildman–Crippen MR) is 63.6 cm³/mol. The minimum Gasteiger partial charge on any atom is -0.481 e. The summed E-state index contributed by atoms with van der Waals surface area (Å²) in [5, 5.41) is 18.4. The van der Waals surface area contributed by atoms with Crippen LogP contribution in [0.25, 0.3) is 0 Å². The molecule has 1 aliphatic rings. The standard InChI is InChI=1S/C13H18O4/c1-8(2)5-13(12(16)17)6-9(3)4-10(7-13)11(14)15/h4,6,8H,5,7H2,1-3H3,(H,14,15)(H,16,17). The lowest BCUT2D eigenvalue weighted by atomic mass is 9.71. The number of aliphatic carboxylic acids is 2. The number of carbonyl (C=O) groups is 2. The zero-order valence-electron chi connectivity index (χ0n) is 10.4. The van der Waals surface area contributed by atoms with Crippen LogP contribution in [0.15, 0.2) is 23.3 Å². The fourth-order valence-electron chi connectivity index (χ4n) is 2.42. The van der Waals surface area contributed by atoms with Gasteiger partial charge >= 0.3 is 11.9 Å². The average molecular weight is 238 g/mol. The minimum absolute atomic E-state index is 0.0627. The van der Waals surface area contributed by atoms with Gasteiger partial charge < -0.3 is 10.2 Å². The van der Waals surface area contributed by atoms with E-state index in [2.05, 4.69) is 0 Å². The van der Waals surface area contributed by atoms with Crippen molar-refractivity contribution in [1.82, 2.24) is 0 Å². The second-order valence-electron chi connectivity index (χ2n) is 5.10. The van der Waals surface area contributed by atoms with Crippen LogP contribution >= 0.6 is 0 Å². The van der Waals surface area contributed by atoms with E-state index in [0.717, 1.165) is 0 Å². The molecule has 1 rings (SSSR count). The van der Waals surface area contributed by atoms with Crippen LogP contribution in [0.2, 0.25) is 0 Å². The Kier molecular flexibility index (Phi) is 3.76. The topological polar surface area (TPSA) is 74.6 Å². The fraction of sp³-hybridized carbons (Fsp3) is 0.538. The first-order chi connectivity index (χ1) is 7.77. The van der Waals surface area contributed by atoms with Gasteiger partial charge in [0.05, 0.1) is 5.41 Å². The fourth-order valence-corrected chi connectivity index (χ4v) is 2.42. The zero-order chi connectivity index (χ0) is 13.2. The molecular formula is C13H18O4. The summed E-state index contributed by atoms with van der Waals surface area (Å²) in [4.78, 5) is 22.5. The monoisotopic (exact) mass is 238 g/mol. The molecule has 0 amide bonds. The molecule has 17 heavy (non-hydrogen) atoms. The van der Waals surface area contributed by atoms with Crippen molar-refractivity contribution in [2.45, 2.75) is 33.6 Å². The average Bonchev–Trinajstić information content (AvgIpc) is 2.14. The van der Waals surface area contributed by atoms with Crippen LogP contribution in [0.3, 0.4) is 0 Å². The number of hydrogen-bond donors (Lipinski definition) is 2. The highest BCUT2D eigenvalue weighted by atomic mass is 16.4. The Balaban J connectivity index is 3.15. The number of carboxylic acid groups (broad SMARTS) is 2. The van der Waals surface area contributed by atoms with Gasteiger partial charge in [-0.15, -0.1) is 0 Å². The van der Waals surface area contributed by atoms with Gasteiger partial charge in [0, 0.05) is 5.57 Å². The quantitative estimate of drug-likeness (QED) is 0.789. The Morgan fingerprint density at radius 1 is 1.41 bits per heavy atom. The molecule has 0 spiro atoms. The van der Waals surface area contributed by atoms with Crippen LogP contribution < -0.4 is 0 Å². The van der Waals surface area contributed by atoms with Crippen LogP contribution in [-0.4, -0.2) is 22.2 Å². The zero-order valence-corrected chi connectivity index (χ0v) is 10.4. The maximum atomic E-state index is 11.5. The summed E-state index contributed by atoms with van der Waals surface area (Å²) < 4.78 is 0. The van der Waals surface area contributed by atoms with Gasteiger partial charge in [-0.05, 0) is 31.8 Å². The largest absolute Gasteiger partial charge is 0.481 e. The number of carboxylic acids is 2. The summed E-state index contributed by atoms with van der Waals surface area (Å²) in [6.07, 6.45) is 3.74. The van der Waals surface area contributed by atoms with Crippen LogP contribution in [0.5, 0.6) is 0 Å². The number of hydrogen-bond acceptors (Lipinski definition) is 2. The highest BCUT2D eigenvalue weighted by Crippen LogP contribution is 2.40. The summed E-state index contributed by atoms with van der Waals surface area (Å²) >= 11 is 0. The molecule has 0 radical (unpaired) electrons. The van der Waals surface area contributed by atoms with Gasteiger partial charge in [0.2, 0.25) is 0 Å². The first kappa shape index (κ1) is 13.5. The SMILES string of the molecule is CC1=CC(CC(C)C)(C(=O)O)CC(C(=O)O)=C1. The molecule has 0 aromatic rings. The maximum absolute atomic E-state index is 11.5. The second-order valence-corrected chi connectivity index (χ2v) is 5.10. The van der Waals surface area contributed by atoms with Crippen LogP contribution in [0.1, 0.15) is 33.6 Å². The van der Waals surface area contributed by atoms with Gasteiger partial charge in [-0.1, -0.05) is 25.5 Å². The van der Waals surface area contributed by atoms with Crippen LogP contribution in [0.4, 0.5) is 0 Å². The van der Waals surface area contributed by atoms with Crippen LogP contribution in [0, 0.1) is 11.3 Å². The van der Waals surface area contributed by atoms with Crippen molar-refractivity contribution >= 4 is 11.9 Å². The van der Waals surface area contributed by atoms with E-state index in [0.29, 0.717) is 12.0 Å². The smallest absolute Gasteiger partial charge is 0.331 e. The third kappa shape index (κ3) is 2.96. The summed E-state index contributed by atoms with van der Waals surface area (Å²) in [6.45, 7) is 5.61. The molecule has 0 fully saturated rings. The molecule has 0 saturated heterocycles. The van der Waals surface area contributed by atoms with Gasteiger partial charge in [-0.2, -0.15) is 0 Å². The molecule has 1 aliphatic carbocycles. The molecule has 1 unspecified atom stereocenters. The lowest BCUT2D eigenvalue weighted by Crippen LogP contribution is -2.34. The van der Waals surface area contributed by atoms with Gasteiger partial charge in [0.1, 0.15) is 0 Å². The minimum atomic E-state index is -1.07. The Bertz CT molecular complexity index is 404. The first-order valence-corrected chi connectivity index (χ1v) is 5.63. The lowest BCUT2D eigenvalue weighted by Gasteiger charge is -2.31. The molecule has 0 aromatic heterocycles. The predicted octanol–water partition coefficient (Wildman–Crippen LogP) is 2.46. The number of rotatable bonds is 4. The van der Waals surface area contributed by atoms with Gasteiger partial charge in [-0.25, -0.2) is 4.79 Å². The summed E-state index contributed by atoms with van der Waals surface area (Å²) in [5.74, 6) is -1.78. The third-order valence-electron chi connectivity index (χ3n) is 2.88. The molecule has 4 heteroatoms. The van der Waals surface area contributed by atoms with Crippen molar-refractivity contribution in [3.63, 3.8) is 0 Å². The Morgan fingerprint density at radius 2 is 2.00 bits per heavy atom. The molecule has 1 atom stereocenters. The summed E-state index contributed by atoms with van der Waals surface area (Å²) in [5.41, 5.74) is -0.189. The molecule has 0 aliphatic heterocycles. The Hall–Kier alpha value is -1.58. The second kappa shape index (κ2) is 4.73. The molecule has 0 bridgehead atoms. The van der Waals surface area contributed by atoms with E-state index in [1.807, 2.05) is 13.8 Å². The number of allylic oxidation sites excluding steroid dienone is 2. The van der Waals surface area contributed by atoms with Crippen molar-refractivity contribution in [2.75, 3.05) is 0 Å². The van der Waals surface area contributed by atoms with E-state index in [9.17, 15) is 14.7 Å². The first-order valence-electron chi connectivity index (χ1n) is 5.63. The van der Waals surface area contributed by atoms with Gasteiger partial charge in [0.15, 0.2) is 0 Å². The van der Waals surface area contributed by atoms with E-state index in [1.54, 1.807) is 19.1 Å². The van der Waals surface area contributed by atoms with Crippen molar-refractivity contribution in [3.05, 3.63) is 23.3 Å². The molecule has 2 N–H and O–H groups in total. The van der Waals surface area contributed by atoms with E-state index in [-0.39, 0.29) is 17.9 Å². The molecule has 94 valence electrons. The van der Waals surface area contributed by atoms with E-state index in [4.69, 9.17) is 5.11 Å². The molecule has 0 heterocycles. The van der Waals surface area contributed by atoms with Crippen molar-refractivity contribution in [1.29, 1.82) is 0 Å². The van der Waals surface area contributed by atoms with Gasteiger partial charge in [0.25, 0.3) is 0 Å². The summed E-state index contributed by atoms with van der Waals surface area (Å²) in [6, 6.07) is 0.